The Morgan fingerprint density at radius 2 is 1.73 bits per heavy atom. The zero-order valence-electron chi connectivity index (χ0n) is 11.9. The second kappa shape index (κ2) is 5.27. The third kappa shape index (κ3) is 2.25. The van der Waals surface area contributed by atoms with Gasteiger partial charge < -0.3 is 9.72 Å². The Hall–Kier alpha value is -2.66. The highest BCUT2D eigenvalue weighted by atomic mass is 32.1. The molecule has 5 heteroatoms. The molecule has 0 spiro atoms. The first-order valence-electron chi connectivity index (χ1n) is 6.89. The second-order valence-electron chi connectivity index (χ2n) is 4.91. The van der Waals surface area contributed by atoms with Crippen molar-refractivity contribution in [3.63, 3.8) is 0 Å². The molecule has 0 atom stereocenters. The van der Waals surface area contributed by atoms with Gasteiger partial charge >= 0.3 is 0 Å². The first kappa shape index (κ1) is 13.0. The van der Waals surface area contributed by atoms with Gasteiger partial charge in [0.25, 0.3) is 0 Å². The van der Waals surface area contributed by atoms with Crippen LogP contribution in [-0.4, -0.2) is 22.3 Å². The van der Waals surface area contributed by atoms with Crippen molar-refractivity contribution in [2.24, 2.45) is 0 Å². The molecule has 4 nitrogen and oxygen atoms in total. The number of H-pyrrole nitrogens is 1. The molecule has 0 aliphatic heterocycles. The number of para-hydroxylation sites is 1. The molecule has 0 amide bonds. The van der Waals surface area contributed by atoms with E-state index in [1.807, 2.05) is 36.4 Å². The number of benzene rings is 2. The molecule has 22 heavy (non-hydrogen) atoms. The third-order valence-electron chi connectivity index (χ3n) is 3.52. The van der Waals surface area contributed by atoms with Gasteiger partial charge in [0.2, 0.25) is 0 Å². The number of hydrogen-bond donors (Lipinski definition) is 1. The van der Waals surface area contributed by atoms with Crippen LogP contribution in [0.2, 0.25) is 0 Å². The minimum absolute atomic E-state index is 0.837. The summed E-state index contributed by atoms with van der Waals surface area (Å²) in [5, 5.41) is 11.6. The van der Waals surface area contributed by atoms with E-state index in [1.54, 1.807) is 18.4 Å². The van der Waals surface area contributed by atoms with Gasteiger partial charge in [0.15, 0.2) is 5.01 Å². The van der Waals surface area contributed by atoms with Crippen molar-refractivity contribution in [3.05, 3.63) is 54.6 Å². The monoisotopic (exact) mass is 307 g/mol. The molecule has 2 aromatic heterocycles. The molecule has 0 aliphatic carbocycles. The zero-order chi connectivity index (χ0) is 14.9. The fourth-order valence-electron chi connectivity index (χ4n) is 2.37. The van der Waals surface area contributed by atoms with Crippen LogP contribution < -0.4 is 4.74 Å². The summed E-state index contributed by atoms with van der Waals surface area (Å²) in [6.07, 6.45) is 0. The van der Waals surface area contributed by atoms with Gasteiger partial charge in [0, 0.05) is 16.5 Å². The molecular formula is C17H13N3OS. The summed E-state index contributed by atoms with van der Waals surface area (Å²) in [5.41, 5.74) is 3.15. The Morgan fingerprint density at radius 1 is 0.955 bits per heavy atom. The number of nitrogens with one attached hydrogen (secondary N) is 1. The van der Waals surface area contributed by atoms with Crippen molar-refractivity contribution in [2.45, 2.75) is 0 Å². The van der Waals surface area contributed by atoms with Gasteiger partial charge in [-0.3, -0.25) is 0 Å². The maximum atomic E-state index is 5.18. The van der Waals surface area contributed by atoms with Crippen LogP contribution in [-0.2, 0) is 0 Å². The standard InChI is InChI=1S/C17H13N3OS/c1-21-13-8-6-11(7-9-13)16-19-20-17(22-16)15-10-12-4-2-3-5-14(12)18-15/h2-10,18H,1H3. The summed E-state index contributed by atoms with van der Waals surface area (Å²) in [6, 6.07) is 18.1. The van der Waals surface area contributed by atoms with Crippen molar-refractivity contribution in [1.29, 1.82) is 0 Å². The lowest BCUT2D eigenvalue weighted by atomic mass is 10.2. The Bertz CT molecular complexity index is 891. The summed E-state index contributed by atoms with van der Waals surface area (Å²) < 4.78 is 5.18. The van der Waals surface area contributed by atoms with Crippen LogP contribution in [0.3, 0.4) is 0 Å². The number of fused-ring (bicyclic) bond motifs is 1. The van der Waals surface area contributed by atoms with E-state index in [4.69, 9.17) is 4.74 Å². The molecule has 2 heterocycles. The van der Waals surface area contributed by atoms with Crippen molar-refractivity contribution in [2.75, 3.05) is 7.11 Å². The molecule has 4 rings (SSSR count). The molecule has 2 aromatic carbocycles. The smallest absolute Gasteiger partial charge is 0.164 e. The van der Waals surface area contributed by atoms with Crippen molar-refractivity contribution in [1.82, 2.24) is 15.2 Å². The number of aromatic amines is 1. The molecule has 0 saturated heterocycles. The molecule has 0 unspecified atom stereocenters. The highest BCUT2D eigenvalue weighted by Gasteiger charge is 2.11. The number of methoxy groups -OCH3 is 1. The first-order chi connectivity index (χ1) is 10.8. The lowest BCUT2D eigenvalue weighted by Gasteiger charge is -1.99. The number of rotatable bonds is 3. The average Bonchev–Trinajstić information content (AvgIpc) is 3.21. The summed E-state index contributed by atoms with van der Waals surface area (Å²) in [4.78, 5) is 3.38. The molecule has 0 saturated carbocycles. The minimum Gasteiger partial charge on any atom is -0.497 e. The minimum atomic E-state index is 0.837. The molecule has 108 valence electrons. The van der Waals surface area contributed by atoms with E-state index in [2.05, 4.69) is 33.4 Å². The van der Waals surface area contributed by atoms with Crippen LogP contribution in [0.5, 0.6) is 5.75 Å². The Morgan fingerprint density at radius 3 is 2.50 bits per heavy atom. The highest BCUT2D eigenvalue weighted by molar-refractivity contribution is 7.17. The van der Waals surface area contributed by atoms with Gasteiger partial charge in [-0.1, -0.05) is 29.5 Å². The van der Waals surface area contributed by atoms with Crippen LogP contribution >= 0.6 is 11.3 Å². The fourth-order valence-corrected chi connectivity index (χ4v) is 3.19. The molecule has 0 bridgehead atoms. The van der Waals surface area contributed by atoms with Crippen LogP contribution in [0.1, 0.15) is 0 Å². The summed E-state index contributed by atoms with van der Waals surface area (Å²) in [7, 11) is 1.66. The van der Waals surface area contributed by atoms with Crippen molar-refractivity contribution >= 4 is 22.2 Å². The lowest BCUT2D eigenvalue weighted by molar-refractivity contribution is 0.415. The van der Waals surface area contributed by atoms with E-state index in [0.29, 0.717) is 0 Å². The molecule has 1 N–H and O–H groups in total. The molecular weight excluding hydrogens is 294 g/mol. The highest BCUT2D eigenvalue weighted by Crippen LogP contribution is 2.31. The number of nitrogens with zero attached hydrogens (tertiary/aromatic N) is 2. The van der Waals surface area contributed by atoms with Crippen LogP contribution in [0, 0.1) is 0 Å². The topological polar surface area (TPSA) is 50.8 Å². The van der Waals surface area contributed by atoms with Crippen molar-refractivity contribution < 1.29 is 4.74 Å². The quantitative estimate of drug-likeness (QED) is 0.611. The van der Waals surface area contributed by atoms with Crippen LogP contribution in [0.4, 0.5) is 0 Å². The Kier molecular flexibility index (Phi) is 3.12. The van der Waals surface area contributed by atoms with Crippen LogP contribution in [0.25, 0.3) is 32.2 Å². The number of hydrogen-bond acceptors (Lipinski definition) is 4. The SMILES string of the molecule is COc1ccc(-c2nnc(-c3cc4ccccc4[nH]3)s2)cc1. The summed E-state index contributed by atoms with van der Waals surface area (Å²) in [6.45, 7) is 0. The fraction of sp³-hybridized carbons (Fsp3) is 0.0588. The molecule has 0 aliphatic rings. The van der Waals surface area contributed by atoms with E-state index in [-0.39, 0.29) is 0 Å². The summed E-state index contributed by atoms with van der Waals surface area (Å²) >= 11 is 1.57. The van der Waals surface area contributed by atoms with Gasteiger partial charge in [-0.2, -0.15) is 0 Å². The van der Waals surface area contributed by atoms with Gasteiger partial charge in [0.05, 0.1) is 12.8 Å². The maximum absolute atomic E-state index is 5.18. The predicted molar refractivity (Wildman–Crippen MR) is 89.2 cm³/mol. The maximum Gasteiger partial charge on any atom is 0.164 e. The Labute approximate surface area is 131 Å². The van der Waals surface area contributed by atoms with Crippen LogP contribution in [0.15, 0.2) is 54.6 Å². The largest absolute Gasteiger partial charge is 0.497 e. The van der Waals surface area contributed by atoms with Gasteiger partial charge in [-0.25, -0.2) is 0 Å². The summed E-state index contributed by atoms with van der Waals surface area (Å²) in [5.74, 6) is 0.837. The normalized spacial score (nSPS) is 11.0. The number of aromatic nitrogens is 3. The van der Waals surface area contributed by atoms with Gasteiger partial charge in [0.1, 0.15) is 10.8 Å². The predicted octanol–water partition coefficient (Wildman–Crippen LogP) is 4.36. The first-order valence-corrected chi connectivity index (χ1v) is 7.71. The van der Waals surface area contributed by atoms with Gasteiger partial charge in [-0.15, -0.1) is 10.2 Å². The second-order valence-corrected chi connectivity index (χ2v) is 5.89. The number of ether oxygens (including phenoxy) is 1. The van der Waals surface area contributed by atoms with E-state index >= 15 is 0 Å². The van der Waals surface area contributed by atoms with E-state index in [0.717, 1.165) is 32.5 Å². The van der Waals surface area contributed by atoms with Crippen molar-refractivity contribution in [3.8, 4) is 27.0 Å². The lowest BCUT2D eigenvalue weighted by Crippen LogP contribution is -1.82. The van der Waals surface area contributed by atoms with E-state index < -0.39 is 0 Å². The average molecular weight is 307 g/mol. The van der Waals surface area contributed by atoms with E-state index in [1.165, 1.54) is 5.39 Å². The molecule has 4 aromatic rings. The zero-order valence-corrected chi connectivity index (χ0v) is 12.7. The van der Waals surface area contributed by atoms with Gasteiger partial charge in [-0.05, 0) is 36.4 Å². The molecule has 0 radical (unpaired) electrons. The molecule has 0 fully saturated rings. The third-order valence-corrected chi connectivity index (χ3v) is 4.53. The Balaban J connectivity index is 1.70. The van der Waals surface area contributed by atoms with E-state index in [9.17, 15) is 0 Å².